The lowest BCUT2D eigenvalue weighted by atomic mass is 9.84. The fourth-order valence-corrected chi connectivity index (χ4v) is 2.59. The van der Waals surface area contributed by atoms with Gasteiger partial charge in [0.1, 0.15) is 6.04 Å². The summed E-state index contributed by atoms with van der Waals surface area (Å²) in [6, 6.07) is -0.626. The zero-order chi connectivity index (χ0) is 14.5. The Morgan fingerprint density at radius 1 is 1.32 bits per heavy atom. The molecule has 1 amide bonds. The number of carbonyl (C=O) groups excluding carboxylic acids is 1. The third kappa shape index (κ3) is 4.82. The van der Waals surface area contributed by atoms with Crippen molar-refractivity contribution >= 4 is 11.9 Å². The summed E-state index contributed by atoms with van der Waals surface area (Å²) in [6.07, 6.45) is 4.42. The molecule has 0 aliphatic carbocycles. The molecule has 5 nitrogen and oxygen atoms in total. The molecule has 1 atom stereocenters. The predicted octanol–water partition coefficient (Wildman–Crippen LogP) is 1.61. The van der Waals surface area contributed by atoms with Gasteiger partial charge < -0.3 is 15.7 Å². The first-order valence-corrected chi connectivity index (χ1v) is 7.10. The zero-order valence-corrected chi connectivity index (χ0v) is 12.0. The lowest BCUT2D eigenvalue weighted by Gasteiger charge is -2.34. The van der Waals surface area contributed by atoms with E-state index < -0.39 is 12.0 Å². The number of carbonyl (C=O) groups is 2. The number of carboxylic acid groups (broad SMARTS) is 1. The number of nitrogens with two attached hydrogens (primary N) is 1. The zero-order valence-electron chi connectivity index (χ0n) is 12.0. The molecule has 3 N–H and O–H groups in total. The van der Waals surface area contributed by atoms with Crippen molar-refractivity contribution in [1.29, 1.82) is 0 Å². The van der Waals surface area contributed by atoms with Crippen molar-refractivity contribution in [3.63, 3.8) is 0 Å². The van der Waals surface area contributed by atoms with Crippen molar-refractivity contribution < 1.29 is 14.7 Å². The van der Waals surface area contributed by atoms with Crippen LogP contribution < -0.4 is 5.73 Å². The number of amides is 1. The first-order valence-electron chi connectivity index (χ1n) is 7.10. The Morgan fingerprint density at radius 2 is 2.00 bits per heavy atom. The fraction of sp³-hybridized carbons (Fsp3) is 0.857. The monoisotopic (exact) mass is 270 g/mol. The summed E-state index contributed by atoms with van der Waals surface area (Å²) in [5.41, 5.74) is 5.59. The summed E-state index contributed by atoms with van der Waals surface area (Å²) in [4.78, 5) is 24.9. The average Bonchev–Trinajstić information content (AvgIpc) is 2.36. The summed E-state index contributed by atoms with van der Waals surface area (Å²) >= 11 is 0. The van der Waals surface area contributed by atoms with Gasteiger partial charge in [-0.05, 0) is 44.1 Å². The van der Waals surface area contributed by atoms with Gasteiger partial charge in [0.2, 0.25) is 5.91 Å². The number of hydrogen-bond acceptors (Lipinski definition) is 3. The largest absolute Gasteiger partial charge is 0.480 e. The second kappa shape index (κ2) is 6.89. The van der Waals surface area contributed by atoms with E-state index >= 15 is 0 Å². The number of nitrogens with zero attached hydrogens (tertiary/aromatic N) is 1. The summed E-state index contributed by atoms with van der Waals surface area (Å²) in [6.45, 7) is 5.38. The van der Waals surface area contributed by atoms with Gasteiger partial charge in [-0.25, -0.2) is 4.79 Å². The average molecular weight is 270 g/mol. The molecule has 19 heavy (non-hydrogen) atoms. The van der Waals surface area contributed by atoms with Crippen LogP contribution in [0.5, 0.6) is 0 Å². The molecule has 1 aliphatic heterocycles. The molecular weight excluding hydrogens is 244 g/mol. The minimum atomic E-state index is -0.880. The second-order valence-corrected chi connectivity index (χ2v) is 6.14. The maximum Gasteiger partial charge on any atom is 0.326 e. The molecule has 0 aromatic heterocycles. The van der Waals surface area contributed by atoms with Gasteiger partial charge in [0.05, 0.1) is 0 Å². The Balaban J connectivity index is 2.54. The van der Waals surface area contributed by atoms with Crippen molar-refractivity contribution in [2.24, 2.45) is 11.1 Å². The molecule has 0 radical (unpaired) electrons. The number of hydrogen-bond donors (Lipinski definition) is 2. The standard InChI is InChI=1S/C14H26N2O3/c1-14(2,8-9-15)7-6-12(17)16-10-4-3-5-11(16)13(18)19/h11H,3-10,15H2,1-2H3,(H,18,19)/t11-/m0/s1. The van der Waals surface area contributed by atoms with E-state index in [1.807, 2.05) is 0 Å². The smallest absolute Gasteiger partial charge is 0.326 e. The predicted molar refractivity (Wildman–Crippen MR) is 73.7 cm³/mol. The Labute approximate surface area is 115 Å². The first kappa shape index (κ1) is 16.0. The molecule has 1 heterocycles. The second-order valence-electron chi connectivity index (χ2n) is 6.14. The van der Waals surface area contributed by atoms with E-state index in [0.717, 1.165) is 25.7 Å². The van der Waals surface area contributed by atoms with Gasteiger partial charge in [-0.3, -0.25) is 4.79 Å². The summed E-state index contributed by atoms with van der Waals surface area (Å²) < 4.78 is 0. The van der Waals surface area contributed by atoms with E-state index in [0.29, 0.717) is 25.9 Å². The lowest BCUT2D eigenvalue weighted by Crippen LogP contribution is -2.48. The maximum absolute atomic E-state index is 12.2. The first-order chi connectivity index (χ1) is 8.87. The Bertz CT molecular complexity index is 329. The van der Waals surface area contributed by atoms with Crippen molar-refractivity contribution in [3.05, 3.63) is 0 Å². The molecule has 0 aromatic carbocycles. The SMILES string of the molecule is CC(C)(CCN)CCC(=O)N1CCCC[C@H]1C(=O)O. The van der Waals surface area contributed by atoms with Gasteiger partial charge in [-0.15, -0.1) is 0 Å². The van der Waals surface area contributed by atoms with Crippen LogP contribution in [0.3, 0.4) is 0 Å². The summed E-state index contributed by atoms with van der Waals surface area (Å²) in [5.74, 6) is -0.911. The van der Waals surface area contributed by atoms with E-state index in [4.69, 9.17) is 10.8 Å². The van der Waals surface area contributed by atoms with E-state index in [1.54, 1.807) is 4.90 Å². The van der Waals surface area contributed by atoms with Gasteiger partial charge in [0, 0.05) is 13.0 Å². The van der Waals surface area contributed by atoms with Crippen LogP contribution in [0.1, 0.15) is 52.4 Å². The minimum Gasteiger partial charge on any atom is -0.480 e. The third-order valence-electron chi connectivity index (χ3n) is 3.94. The molecule has 1 rings (SSSR count). The molecule has 5 heteroatoms. The molecule has 0 aromatic rings. The summed E-state index contributed by atoms with van der Waals surface area (Å²) in [7, 11) is 0. The van der Waals surface area contributed by atoms with E-state index in [1.165, 1.54) is 0 Å². The molecular formula is C14H26N2O3. The topological polar surface area (TPSA) is 83.6 Å². The number of rotatable bonds is 6. The number of piperidine rings is 1. The highest BCUT2D eigenvalue weighted by Gasteiger charge is 2.32. The van der Waals surface area contributed by atoms with Gasteiger partial charge >= 0.3 is 5.97 Å². The van der Waals surface area contributed by atoms with E-state index in [2.05, 4.69) is 13.8 Å². The molecule has 0 saturated carbocycles. The van der Waals surface area contributed by atoms with Crippen molar-refractivity contribution in [1.82, 2.24) is 4.90 Å². The van der Waals surface area contributed by atoms with Crippen molar-refractivity contribution in [2.45, 2.75) is 58.4 Å². The third-order valence-corrected chi connectivity index (χ3v) is 3.94. The van der Waals surface area contributed by atoms with Crippen LogP contribution >= 0.6 is 0 Å². The van der Waals surface area contributed by atoms with Gasteiger partial charge in [0.15, 0.2) is 0 Å². The molecule has 1 fully saturated rings. The molecule has 0 bridgehead atoms. The minimum absolute atomic E-state index is 0.0304. The van der Waals surface area contributed by atoms with Crippen LogP contribution in [-0.2, 0) is 9.59 Å². The van der Waals surface area contributed by atoms with Crippen LogP contribution in [0.25, 0.3) is 0 Å². The van der Waals surface area contributed by atoms with Crippen molar-refractivity contribution in [3.8, 4) is 0 Å². The summed E-state index contributed by atoms with van der Waals surface area (Å²) in [5, 5.41) is 9.16. The van der Waals surface area contributed by atoms with E-state index in [9.17, 15) is 9.59 Å². The molecule has 110 valence electrons. The maximum atomic E-state index is 12.2. The van der Waals surface area contributed by atoms with Crippen LogP contribution in [0.15, 0.2) is 0 Å². The fourth-order valence-electron chi connectivity index (χ4n) is 2.59. The number of likely N-dealkylation sites (tertiary alicyclic amines) is 1. The number of aliphatic carboxylic acids is 1. The van der Waals surface area contributed by atoms with Crippen LogP contribution in [-0.4, -0.2) is 41.0 Å². The highest BCUT2D eigenvalue weighted by atomic mass is 16.4. The van der Waals surface area contributed by atoms with Gasteiger partial charge in [-0.1, -0.05) is 13.8 Å². The highest BCUT2D eigenvalue weighted by Crippen LogP contribution is 2.27. The quantitative estimate of drug-likeness (QED) is 0.768. The van der Waals surface area contributed by atoms with Crippen LogP contribution in [0.4, 0.5) is 0 Å². The van der Waals surface area contributed by atoms with Crippen LogP contribution in [0, 0.1) is 5.41 Å². The normalized spacial score (nSPS) is 20.4. The molecule has 1 saturated heterocycles. The van der Waals surface area contributed by atoms with Crippen LogP contribution in [0.2, 0.25) is 0 Å². The Kier molecular flexibility index (Phi) is 5.79. The van der Waals surface area contributed by atoms with Crippen molar-refractivity contribution in [2.75, 3.05) is 13.1 Å². The Hall–Kier alpha value is -1.10. The molecule has 0 spiro atoms. The number of carboxylic acids is 1. The highest BCUT2D eigenvalue weighted by molar-refractivity contribution is 5.83. The molecule has 1 aliphatic rings. The Morgan fingerprint density at radius 3 is 2.58 bits per heavy atom. The molecule has 0 unspecified atom stereocenters. The lowest BCUT2D eigenvalue weighted by molar-refractivity contribution is -0.152. The van der Waals surface area contributed by atoms with E-state index in [-0.39, 0.29) is 11.3 Å². The van der Waals surface area contributed by atoms with Gasteiger partial charge in [0.25, 0.3) is 0 Å². The van der Waals surface area contributed by atoms with Gasteiger partial charge in [-0.2, -0.15) is 0 Å².